The van der Waals surface area contributed by atoms with E-state index in [4.69, 9.17) is 33.4 Å². The summed E-state index contributed by atoms with van der Waals surface area (Å²) in [7, 11) is -4.55. The minimum Gasteiger partial charge on any atom is -0.462 e. The van der Waals surface area contributed by atoms with Crippen molar-refractivity contribution in [1.82, 2.24) is 19.6 Å². The summed E-state index contributed by atoms with van der Waals surface area (Å²) in [6.45, 7) is 4.59. The minimum absolute atomic E-state index is 0.153. The Bertz CT molecular complexity index is 1670. The molecule has 0 aliphatic rings. The van der Waals surface area contributed by atoms with Crippen LogP contribution in [0.15, 0.2) is 54.6 Å². The maximum Gasteiger partial charge on any atom is 0.459 e. The fourth-order valence-corrected chi connectivity index (χ4v) is 6.06. The van der Waals surface area contributed by atoms with Gasteiger partial charge in [-0.05, 0) is 52.2 Å². The second-order valence-corrected chi connectivity index (χ2v) is 12.0. The van der Waals surface area contributed by atoms with Crippen molar-refractivity contribution >= 4 is 41.5 Å². The Labute approximate surface area is 256 Å². The third-order valence-electron chi connectivity index (χ3n) is 6.60. The van der Waals surface area contributed by atoms with Crippen LogP contribution in [0.3, 0.4) is 0 Å². The number of benzene rings is 2. The molecule has 232 valence electrons. The van der Waals surface area contributed by atoms with Gasteiger partial charge < -0.3 is 24.3 Å². The van der Waals surface area contributed by atoms with E-state index in [0.29, 0.717) is 29.9 Å². The number of pyridine rings is 1. The van der Waals surface area contributed by atoms with Gasteiger partial charge in [0.15, 0.2) is 5.82 Å². The fourth-order valence-electron chi connectivity index (χ4n) is 4.69. The average molecular weight is 615 g/mol. The Kier molecular flexibility index (Phi) is 9.73. The van der Waals surface area contributed by atoms with E-state index in [1.807, 2.05) is 35.8 Å². The van der Waals surface area contributed by atoms with E-state index in [1.54, 1.807) is 44.2 Å². The smallest absolute Gasteiger partial charge is 0.459 e. The van der Waals surface area contributed by atoms with Gasteiger partial charge >= 0.3 is 13.7 Å². The van der Waals surface area contributed by atoms with Crippen LogP contribution in [-0.2, 0) is 30.0 Å². The van der Waals surface area contributed by atoms with Gasteiger partial charge in [-0.2, -0.15) is 5.09 Å². The number of carbonyl (C=O) groups excluding carboxylic acids is 1. The average Bonchev–Trinajstić information content (AvgIpc) is 3.39. The summed E-state index contributed by atoms with van der Waals surface area (Å²) in [6.07, 6.45) is 1.59. The molecule has 0 unspecified atom stereocenters. The van der Waals surface area contributed by atoms with E-state index in [-0.39, 0.29) is 24.8 Å². The topological polar surface area (TPSA) is 140 Å². The second-order valence-electron chi connectivity index (χ2n) is 10.3. The number of carbonyl (C=O) groups is 1. The van der Waals surface area contributed by atoms with Crippen molar-refractivity contribution in [2.45, 2.75) is 78.6 Å². The molecule has 0 radical (unpaired) electrons. The lowest BCUT2D eigenvalue weighted by atomic mass is 10.1. The lowest BCUT2D eigenvalue weighted by Crippen LogP contribution is -2.36. The van der Waals surface area contributed by atoms with Gasteiger partial charge in [0.05, 0.1) is 29.8 Å². The fraction of sp³-hybridized carbons (Fsp3) is 0.452. The van der Waals surface area contributed by atoms with Gasteiger partial charge in [-0.3, -0.25) is 9.32 Å². The van der Waals surface area contributed by atoms with Crippen LogP contribution in [0.1, 0.15) is 69.8 Å². The summed E-state index contributed by atoms with van der Waals surface area (Å²) >= 11 is 0. The quantitative estimate of drug-likeness (QED) is 0.105. The Morgan fingerprint density at radius 3 is 2.56 bits per heavy atom. The molecule has 43 heavy (non-hydrogen) atoms. The monoisotopic (exact) mass is 614 g/mol. The molecule has 2 heterocycles. The normalized spacial score (nSPS) is 15.9. The number of fused-ring (bicyclic) bond motifs is 3. The molecule has 4 aromatic rings. The van der Waals surface area contributed by atoms with Crippen LogP contribution in [0.5, 0.6) is 5.75 Å². The zero-order chi connectivity index (χ0) is 33.5. The number of unbranched alkanes of at least 4 members (excludes halogenated alkanes) is 1. The van der Waals surface area contributed by atoms with E-state index < -0.39 is 38.8 Å². The maximum absolute atomic E-state index is 14.5. The molecule has 0 saturated heterocycles. The highest BCUT2D eigenvalue weighted by atomic mass is 31.2. The number of para-hydroxylation sites is 2. The van der Waals surface area contributed by atoms with E-state index >= 15 is 0 Å². The molecule has 0 saturated carbocycles. The Balaban J connectivity index is 1.81. The minimum atomic E-state index is -4.55. The highest BCUT2D eigenvalue weighted by Gasteiger charge is 2.34. The van der Waals surface area contributed by atoms with Crippen LogP contribution >= 0.6 is 7.75 Å². The number of hydrogen-bond acceptors (Lipinski definition) is 9. The third-order valence-corrected chi connectivity index (χ3v) is 8.11. The molecular weight excluding hydrogens is 569 g/mol. The van der Waals surface area contributed by atoms with Gasteiger partial charge in [0.2, 0.25) is 0 Å². The van der Waals surface area contributed by atoms with Crippen LogP contribution < -0.4 is 15.3 Å². The molecule has 0 fully saturated rings. The third kappa shape index (κ3) is 8.12. The molecule has 4 rings (SSSR count). The van der Waals surface area contributed by atoms with Crippen LogP contribution in [0, 0.1) is 0 Å². The molecule has 3 atom stereocenters. The number of nitrogens with zero attached hydrogens (tertiary/aromatic N) is 3. The van der Waals surface area contributed by atoms with Crippen molar-refractivity contribution < 1.29 is 32.0 Å². The highest BCUT2D eigenvalue weighted by Crippen LogP contribution is 2.46. The first-order valence-corrected chi connectivity index (χ1v) is 16.0. The SMILES string of the molecule is [2H]C([2H])([2H])[C@H](N[P@@](=O)(OC[C@H](CCCC)n1c(COCC)nc2c(N)nc3ccccc3c21)Oc1ccccc1)C(=O)OC(C)C. The number of hydrogen-bond donors (Lipinski definition) is 2. The molecule has 0 amide bonds. The summed E-state index contributed by atoms with van der Waals surface area (Å²) in [6, 6.07) is 13.3. The van der Waals surface area contributed by atoms with Crippen molar-refractivity contribution in [2.75, 3.05) is 18.9 Å². The predicted octanol–water partition coefficient (Wildman–Crippen LogP) is 6.57. The van der Waals surface area contributed by atoms with Gasteiger partial charge in [-0.1, -0.05) is 56.2 Å². The molecule has 0 aliphatic carbocycles. The summed E-state index contributed by atoms with van der Waals surface area (Å²) in [4.78, 5) is 22.3. The molecule has 0 aliphatic heterocycles. The number of imidazole rings is 1. The maximum atomic E-state index is 14.5. The lowest BCUT2D eigenvalue weighted by molar-refractivity contribution is -0.149. The van der Waals surface area contributed by atoms with Crippen molar-refractivity contribution in [1.29, 1.82) is 0 Å². The molecule has 0 spiro atoms. The number of nitrogen functional groups attached to an aromatic ring is 1. The number of ether oxygens (including phenoxy) is 2. The Morgan fingerprint density at radius 2 is 1.86 bits per heavy atom. The number of rotatable bonds is 16. The summed E-state index contributed by atoms with van der Waals surface area (Å²) < 4.78 is 63.4. The van der Waals surface area contributed by atoms with Crippen LogP contribution in [0.25, 0.3) is 21.9 Å². The highest BCUT2D eigenvalue weighted by molar-refractivity contribution is 7.52. The molecular formula is C31H42N5O6P. The van der Waals surface area contributed by atoms with Crippen LogP contribution in [0.2, 0.25) is 0 Å². The van der Waals surface area contributed by atoms with Crippen molar-refractivity contribution in [3.8, 4) is 5.75 Å². The largest absolute Gasteiger partial charge is 0.462 e. The van der Waals surface area contributed by atoms with Gasteiger partial charge in [-0.25, -0.2) is 14.5 Å². The van der Waals surface area contributed by atoms with Gasteiger partial charge in [0, 0.05) is 16.1 Å². The number of nitrogens with two attached hydrogens (primary N) is 1. The number of esters is 1. The summed E-state index contributed by atoms with van der Waals surface area (Å²) in [5, 5.41) is 3.21. The Morgan fingerprint density at radius 1 is 1.12 bits per heavy atom. The van der Waals surface area contributed by atoms with Crippen molar-refractivity contribution in [2.24, 2.45) is 0 Å². The molecule has 3 N–H and O–H groups in total. The summed E-state index contributed by atoms with van der Waals surface area (Å²) in [5.74, 6) is -0.129. The zero-order valence-corrected chi connectivity index (χ0v) is 25.9. The second kappa shape index (κ2) is 14.8. The number of nitrogens with one attached hydrogen (secondary N) is 1. The van der Waals surface area contributed by atoms with Crippen LogP contribution in [0.4, 0.5) is 5.82 Å². The standard InChI is InChI=1S/C31H42N5O6P/c1-6-8-14-23(19-40-43(38,42-24-15-10-9-11-16-24)35-22(5)31(37)41-21(3)4)36-27(20-39-7-2)34-28-29(36)25-17-12-13-18-26(25)33-30(28)32/h9-13,15-18,21-23H,6-8,14,19-20H2,1-5H3,(H2,32,33)(H,35,38)/t22-,23-,43+/m0/s1/i5D3. The van der Waals surface area contributed by atoms with Gasteiger partial charge in [0.25, 0.3) is 0 Å². The number of aromatic nitrogens is 3. The lowest BCUT2D eigenvalue weighted by Gasteiger charge is -2.27. The molecule has 0 bridgehead atoms. The first-order valence-electron chi connectivity index (χ1n) is 16.0. The van der Waals surface area contributed by atoms with Gasteiger partial charge in [-0.15, -0.1) is 0 Å². The number of anilines is 1. The first-order chi connectivity index (χ1) is 21.9. The zero-order valence-electron chi connectivity index (χ0n) is 28.0. The van der Waals surface area contributed by atoms with E-state index in [9.17, 15) is 9.36 Å². The van der Waals surface area contributed by atoms with Crippen LogP contribution in [-0.4, -0.2) is 45.9 Å². The molecule has 2 aromatic heterocycles. The van der Waals surface area contributed by atoms with Gasteiger partial charge in [0.1, 0.15) is 29.7 Å². The van der Waals surface area contributed by atoms with Crippen molar-refractivity contribution in [3.05, 3.63) is 60.4 Å². The molecule has 2 aromatic carbocycles. The van der Waals surface area contributed by atoms with E-state index in [2.05, 4.69) is 17.0 Å². The van der Waals surface area contributed by atoms with E-state index in [1.165, 1.54) is 0 Å². The molecule has 11 nitrogen and oxygen atoms in total. The predicted molar refractivity (Wildman–Crippen MR) is 168 cm³/mol. The Hall–Kier alpha value is -3.50. The van der Waals surface area contributed by atoms with Crippen molar-refractivity contribution in [3.63, 3.8) is 0 Å². The summed E-state index contributed by atoms with van der Waals surface area (Å²) in [5.41, 5.74) is 8.28. The van der Waals surface area contributed by atoms with E-state index in [0.717, 1.165) is 23.7 Å². The molecule has 12 heteroatoms. The first kappa shape index (κ1) is 28.3.